The highest BCUT2D eigenvalue weighted by molar-refractivity contribution is 7.01. The molecule has 0 aromatic heterocycles. The number of para-hydroxylation sites is 2. The van der Waals surface area contributed by atoms with Gasteiger partial charge in [-0.15, -0.1) is 0 Å². The van der Waals surface area contributed by atoms with Crippen molar-refractivity contribution in [3.8, 4) is 23.0 Å². The first kappa shape index (κ1) is 24.8. The summed E-state index contributed by atoms with van der Waals surface area (Å²) < 4.78 is 13.5. The Morgan fingerprint density at radius 3 is 1.48 bits per heavy atom. The van der Waals surface area contributed by atoms with Crippen molar-refractivity contribution < 1.29 is 9.47 Å². The monoisotopic (exact) mass is 518 g/mol. The van der Waals surface area contributed by atoms with Crippen LogP contribution in [-0.2, 0) is 0 Å². The number of fused-ring (bicyclic) bond motifs is 5. The molecule has 0 atom stereocenters. The molecule has 0 saturated heterocycles. The summed E-state index contributed by atoms with van der Waals surface area (Å²) in [6.45, 7) is 13.4. The van der Waals surface area contributed by atoms with E-state index >= 15 is 0 Å². The predicted molar refractivity (Wildman–Crippen MR) is 170 cm³/mol. The van der Waals surface area contributed by atoms with E-state index in [0.29, 0.717) is 0 Å². The Hall–Kier alpha value is -4.17. The van der Waals surface area contributed by atoms with Gasteiger partial charge in [-0.2, -0.15) is 0 Å². The van der Waals surface area contributed by atoms with Crippen LogP contribution in [0, 0.1) is 41.5 Å². The van der Waals surface area contributed by atoms with E-state index in [1.165, 1.54) is 60.7 Å². The second kappa shape index (κ2) is 9.20. The Balaban J connectivity index is 1.55. The summed E-state index contributed by atoms with van der Waals surface area (Å²) in [7, 11) is 0. The smallest absolute Gasteiger partial charge is 0.256 e. The third kappa shape index (κ3) is 3.73. The highest BCUT2D eigenvalue weighted by Gasteiger charge is 2.42. The van der Waals surface area contributed by atoms with Crippen LogP contribution in [0.5, 0.6) is 23.0 Å². The zero-order valence-electron chi connectivity index (χ0n) is 24.1. The fourth-order valence-corrected chi connectivity index (χ4v) is 7.38. The van der Waals surface area contributed by atoms with Crippen molar-refractivity contribution in [3.05, 3.63) is 118 Å². The molecule has 0 aliphatic carbocycles. The molecule has 0 N–H and O–H groups in total. The van der Waals surface area contributed by atoms with E-state index in [9.17, 15) is 0 Å². The number of rotatable bonds is 2. The molecule has 0 amide bonds. The highest BCUT2D eigenvalue weighted by Crippen LogP contribution is 2.32. The Bertz CT molecular complexity index is 1790. The van der Waals surface area contributed by atoms with Crippen molar-refractivity contribution in [1.82, 2.24) is 0 Å². The molecule has 0 saturated carbocycles. The Labute approximate surface area is 238 Å². The quantitative estimate of drug-likeness (QED) is 0.307. The highest BCUT2D eigenvalue weighted by atomic mass is 16.5. The molecule has 194 valence electrons. The number of aryl methyl sites for hydroxylation is 6. The number of ether oxygens (including phenoxy) is 2. The molecule has 40 heavy (non-hydrogen) atoms. The molecule has 0 unspecified atom stereocenters. The van der Waals surface area contributed by atoms with Gasteiger partial charge in [-0.1, -0.05) is 111 Å². The Morgan fingerprint density at radius 1 is 0.425 bits per heavy atom. The second-order valence-corrected chi connectivity index (χ2v) is 11.7. The van der Waals surface area contributed by atoms with Gasteiger partial charge in [-0.25, -0.2) is 0 Å². The predicted octanol–water partition coefficient (Wildman–Crippen LogP) is 4.78. The Kier molecular flexibility index (Phi) is 5.71. The number of hydrogen-bond acceptors (Lipinski definition) is 2. The lowest BCUT2D eigenvalue weighted by atomic mass is 9.31. The van der Waals surface area contributed by atoms with E-state index in [0.717, 1.165) is 28.5 Å². The zero-order valence-corrected chi connectivity index (χ0v) is 24.1. The molecule has 7 rings (SSSR count). The maximum absolute atomic E-state index is 6.92. The van der Waals surface area contributed by atoms with Crippen molar-refractivity contribution in [2.75, 3.05) is 0 Å². The van der Waals surface area contributed by atoms with Gasteiger partial charge < -0.3 is 9.47 Å². The van der Waals surface area contributed by atoms with Crippen LogP contribution in [-0.4, -0.2) is 13.4 Å². The maximum Gasteiger partial charge on any atom is 0.256 e. The van der Waals surface area contributed by atoms with Gasteiger partial charge in [-0.3, -0.25) is 0 Å². The van der Waals surface area contributed by atoms with Crippen molar-refractivity contribution >= 4 is 46.2 Å². The minimum atomic E-state index is 0.00150. The van der Waals surface area contributed by atoms with Crippen molar-refractivity contribution in [2.24, 2.45) is 0 Å². The zero-order chi connectivity index (χ0) is 27.7. The molecular formula is C36H32B2O2. The molecule has 0 radical (unpaired) electrons. The van der Waals surface area contributed by atoms with Gasteiger partial charge in [0.15, 0.2) is 0 Å². The summed E-state index contributed by atoms with van der Waals surface area (Å²) in [6, 6.07) is 30.6. The van der Waals surface area contributed by atoms with E-state index in [4.69, 9.17) is 9.47 Å². The summed E-state index contributed by atoms with van der Waals surface area (Å²) in [5.74, 6) is 3.64. The minimum Gasteiger partial charge on any atom is -0.459 e. The number of hydrogen-bond donors (Lipinski definition) is 0. The van der Waals surface area contributed by atoms with Gasteiger partial charge in [0.1, 0.15) is 23.0 Å². The molecule has 5 aromatic rings. The van der Waals surface area contributed by atoms with Crippen LogP contribution in [0.15, 0.2) is 84.9 Å². The van der Waals surface area contributed by atoms with Crippen LogP contribution in [0.4, 0.5) is 0 Å². The summed E-state index contributed by atoms with van der Waals surface area (Å²) in [5.41, 5.74) is 15.2. The third-order valence-electron chi connectivity index (χ3n) is 8.73. The van der Waals surface area contributed by atoms with Crippen LogP contribution in [0.3, 0.4) is 0 Å². The first-order valence-electron chi connectivity index (χ1n) is 14.2. The summed E-state index contributed by atoms with van der Waals surface area (Å²) in [6.07, 6.45) is 0. The van der Waals surface area contributed by atoms with Gasteiger partial charge >= 0.3 is 0 Å². The fraction of sp³-hybridized carbons (Fsp3) is 0.167. The lowest BCUT2D eigenvalue weighted by Crippen LogP contribution is -2.61. The lowest BCUT2D eigenvalue weighted by Gasteiger charge is -2.35. The normalized spacial score (nSPS) is 13.1. The molecule has 0 spiro atoms. The van der Waals surface area contributed by atoms with Crippen LogP contribution in [0.25, 0.3) is 0 Å². The van der Waals surface area contributed by atoms with Gasteiger partial charge in [-0.05, 0) is 76.1 Å². The van der Waals surface area contributed by atoms with Gasteiger partial charge in [0.05, 0.1) is 0 Å². The summed E-state index contributed by atoms with van der Waals surface area (Å²) in [4.78, 5) is 0. The average Bonchev–Trinajstić information content (AvgIpc) is 2.91. The second-order valence-electron chi connectivity index (χ2n) is 11.7. The molecule has 0 bridgehead atoms. The SMILES string of the molecule is Cc1cc(C)c(B2c3ccccc3Oc3c2ccc2c3B(c3c(C)cc(C)cc3C)c3ccccc3O2)c(C)c1. The maximum atomic E-state index is 6.92. The number of benzene rings is 5. The van der Waals surface area contributed by atoms with E-state index in [-0.39, 0.29) is 13.4 Å². The summed E-state index contributed by atoms with van der Waals surface area (Å²) >= 11 is 0. The van der Waals surface area contributed by atoms with Crippen molar-refractivity contribution in [1.29, 1.82) is 0 Å². The van der Waals surface area contributed by atoms with Crippen LogP contribution in [0.2, 0.25) is 0 Å². The van der Waals surface area contributed by atoms with Crippen molar-refractivity contribution in [2.45, 2.75) is 41.5 Å². The van der Waals surface area contributed by atoms with Crippen LogP contribution < -0.4 is 42.3 Å². The van der Waals surface area contributed by atoms with Gasteiger partial charge in [0, 0.05) is 5.46 Å². The van der Waals surface area contributed by atoms with Crippen LogP contribution in [0.1, 0.15) is 33.4 Å². The van der Waals surface area contributed by atoms with Gasteiger partial charge in [0.2, 0.25) is 0 Å². The first-order valence-corrected chi connectivity index (χ1v) is 14.2. The van der Waals surface area contributed by atoms with Crippen molar-refractivity contribution in [3.63, 3.8) is 0 Å². The fourth-order valence-electron chi connectivity index (χ4n) is 7.38. The molecule has 0 fully saturated rings. The molecule has 2 aliphatic rings. The third-order valence-corrected chi connectivity index (χ3v) is 8.73. The Morgan fingerprint density at radius 2 is 0.900 bits per heavy atom. The minimum absolute atomic E-state index is 0.00150. The topological polar surface area (TPSA) is 18.5 Å². The first-order chi connectivity index (χ1) is 19.3. The molecule has 2 heterocycles. The molecule has 5 aromatic carbocycles. The van der Waals surface area contributed by atoms with Crippen LogP contribution >= 0.6 is 0 Å². The lowest BCUT2D eigenvalue weighted by molar-refractivity contribution is 0.469. The largest absolute Gasteiger partial charge is 0.459 e. The van der Waals surface area contributed by atoms with E-state index in [1.807, 2.05) is 0 Å². The molecular weight excluding hydrogens is 486 g/mol. The summed E-state index contributed by atoms with van der Waals surface area (Å²) in [5, 5.41) is 0. The van der Waals surface area contributed by atoms with E-state index in [1.54, 1.807) is 0 Å². The standard InChI is InChI=1S/C36H32B2O2/c1-21-17-23(3)33(24(4)18-21)37-27-11-7-10-14-31(27)40-36-29(37)15-16-32-35(36)38(28-12-8-9-13-30(28)39-32)34-25(5)19-22(2)20-26(34)6/h7-20H,1-6H3. The van der Waals surface area contributed by atoms with Gasteiger partial charge in [0.25, 0.3) is 13.4 Å². The molecule has 2 aliphatic heterocycles. The molecule has 4 heteroatoms. The van der Waals surface area contributed by atoms with E-state index in [2.05, 4.69) is 126 Å². The average molecular weight is 518 g/mol. The molecule has 2 nitrogen and oxygen atoms in total. The van der Waals surface area contributed by atoms with E-state index < -0.39 is 0 Å².